The summed E-state index contributed by atoms with van der Waals surface area (Å²) < 4.78 is 6.48. The first kappa shape index (κ1) is 20.7. The maximum Gasteiger partial charge on any atom is 0.244 e. The first-order valence-electron chi connectivity index (χ1n) is 8.85. The second-order valence-corrected chi connectivity index (χ2v) is 8.49. The van der Waals surface area contributed by atoms with Gasteiger partial charge in [0.2, 0.25) is 5.91 Å². The maximum absolute atomic E-state index is 12.7. The molecule has 0 bridgehead atoms. The molecule has 1 saturated heterocycles. The van der Waals surface area contributed by atoms with E-state index >= 15 is 0 Å². The number of amides is 1. The van der Waals surface area contributed by atoms with Crippen molar-refractivity contribution in [2.24, 2.45) is 11.1 Å². The molecule has 1 aliphatic heterocycles. The van der Waals surface area contributed by atoms with Crippen LogP contribution >= 0.6 is 28.3 Å². The van der Waals surface area contributed by atoms with Crippen LogP contribution in [0.2, 0.25) is 0 Å². The lowest BCUT2D eigenvalue weighted by Gasteiger charge is -2.43. The molecule has 1 amide bonds. The molecule has 1 heterocycles. The van der Waals surface area contributed by atoms with Gasteiger partial charge in [0.1, 0.15) is 5.54 Å². The monoisotopic (exact) mass is 430 g/mol. The van der Waals surface area contributed by atoms with E-state index in [-0.39, 0.29) is 24.4 Å². The first-order valence-corrected chi connectivity index (χ1v) is 9.64. The van der Waals surface area contributed by atoms with Crippen LogP contribution in [0.3, 0.4) is 0 Å². The highest BCUT2D eigenvalue weighted by Gasteiger charge is 2.38. The van der Waals surface area contributed by atoms with Crippen LogP contribution in [0, 0.1) is 5.41 Å². The molecule has 1 saturated carbocycles. The molecule has 1 unspecified atom stereocenters. The molecule has 140 valence electrons. The Kier molecular flexibility index (Phi) is 6.94. The van der Waals surface area contributed by atoms with Crippen LogP contribution in [0.5, 0.6) is 0 Å². The van der Waals surface area contributed by atoms with Gasteiger partial charge >= 0.3 is 0 Å². The van der Waals surface area contributed by atoms with Crippen LogP contribution in [0.1, 0.15) is 51.0 Å². The van der Waals surface area contributed by atoms with Crippen molar-refractivity contribution in [1.82, 2.24) is 5.32 Å². The molecule has 6 heteroatoms. The summed E-state index contributed by atoms with van der Waals surface area (Å²) in [6.45, 7) is 3.57. The molecular formula is C19H28BrClN2O2. The number of hydrogen-bond acceptors (Lipinski definition) is 3. The van der Waals surface area contributed by atoms with Crippen LogP contribution < -0.4 is 11.1 Å². The third kappa shape index (κ3) is 4.76. The van der Waals surface area contributed by atoms with Crippen molar-refractivity contribution in [1.29, 1.82) is 0 Å². The van der Waals surface area contributed by atoms with Gasteiger partial charge in [-0.25, -0.2) is 0 Å². The molecule has 2 aliphatic rings. The van der Waals surface area contributed by atoms with Gasteiger partial charge in [0.25, 0.3) is 0 Å². The van der Waals surface area contributed by atoms with Gasteiger partial charge in [-0.15, -0.1) is 12.4 Å². The molecule has 25 heavy (non-hydrogen) atoms. The van der Waals surface area contributed by atoms with Gasteiger partial charge in [0, 0.05) is 23.7 Å². The van der Waals surface area contributed by atoms with Gasteiger partial charge in [0.15, 0.2) is 0 Å². The number of rotatable bonds is 3. The van der Waals surface area contributed by atoms with E-state index in [2.05, 4.69) is 21.2 Å². The zero-order valence-corrected chi connectivity index (χ0v) is 17.1. The Morgan fingerprint density at radius 2 is 1.76 bits per heavy atom. The molecule has 1 atom stereocenters. The normalized spacial score (nSPS) is 22.7. The van der Waals surface area contributed by atoms with E-state index in [1.165, 1.54) is 25.7 Å². The third-order valence-corrected chi connectivity index (χ3v) is 6.38. The fourth-order valence-electron chi connectivity index (χ4n) is 3.94. The van der Waals surface area contributed by atoms with Gasteiger partial charge in [-0.2, -0.15) is 0 Å². The number of ether oxygens (including phenoxy) is 1. The number of nitrogens with one attached hydrogen (secondary N) is 1. The Labute approximate surface area is 164 Å². The molecule has 2 fully saturated rings. The maximum atomic E-state index is 12.7. The standard InChI is InChI=1S/C19H27BrN2O2.ClH/c1-18(21,14-2-4-15(20)5-3-14)17(23)22-16-6-8-19(9-7-16)10-12-24-13-11-19;/h2-5,16H,6-13,21H2,1H3,(H,22,23);1H. The number of carbonyl (C=O) groups is 1. The first-order chi connectivity index (χ1) is 11.4. The summed E-state index contributed by atoms with van der Waals surface area (Å²) in [5.74, 6) is -0.0854. The SMILES string of the molecule is CC(N)(C(=O)NC1CCC2(CCOCC2)CC1)c1ccc(Br)cc1.Cl. The Bertz CT molecular complexity index is 576. The average molecular weight is 432 g/mol. The predicted molar refractivity (Wildman–Crippen MR) is 106 cm³/mol. The highest BCUT2D eigenvalue weighted by Crippen LogP contribution is 2.44. The average Bonchev–Trinajstić information content (AvgIpc) is 2.58. The van der Waals surface area contributed by atoms with Crippen molar-refractivity contribution in [2.75, 3.05) is 13.2 Å². The van der Waals surface area contributed by atoms with Crippen molar-refractivity contribution in [3.8, 4) is 0 Å². The lowest BCUT2D eigenvalue weighted by atomic mass is 9.68. The largest absolute Gasteiger partial charge is 0.381 e. The minimum Gasteiger partial charge on any atom is -0.381 e. The van der Waals surface area contributed by atoms with Gasteiger partial charge in [-0.05, 0) is 68.6 Å². The zero-order valence-electron chi connectivity index (χ0n) is 14.7. The summed E-state index contributed by atoms with van der Waals surface area (Å²) in [5, 5.41) is 3.19. The predicted octanol–water partition coefficient (Wildman–Crippen LogP) is 3.90. The second kappa shape index (κ2) is 8.38. The molecular weight excluding hydrogens is 404 g/mol. The summed E-state index contributed by atoms with van der Waals surface area (Å²) in [6.07, 6.45) is 6.79. The zero-order chi connectivity index (χ0) is 17.2. The molecule has 4 nitrogen and oxygen atoms in total. The molecule has 1 spiro atoms. The molecule has 0 aromatic heterocycles. The van der Waals surface area contributed by atoms with Gasteiger partial charge in [0.05, 0.1) is 0 Å². The number of nitrogens with two attached hydrogens (primary N) is 1. The van der Waals surface area contributed by atoms with E-state index in [4.69, 9.17) is 10.5 Å². The van der Waals surface area contributed by atoms with Gasteiger partial charge in [-0.1, -0.05) is 28.1 Å². The van der Waals surface area contributed by atoms with Crippen molar-refractivity contribution in [2.45, 2.75) is 57.0 Å². The molecule has 0 radical (unpaired) electrons. The van der Waals surface area contributed by atoms with Crippen molar-refractivity contribution < 1.29 is 9.53 Å². The van der Waals surface area contributed by atoms with Crippen LogP contribution in [-0.4, -0.2) is 25.2 Å². The summed E-state index contributed by atoms with van der Waals surface area (Å²) in [6, 6.07) is 7.89. The van der Waals surface area contributed by atoms with E-state index < -0.39 is 5.54 Å². The Balaban J connectivity index is 0.00000225. The lowest BCUT2D eigenvalue weighted by Crippen LogP contribution is -2.53. The lowest BCUT2D eigenvalue weighted by molar-refractivity contribution is -0.127. The molecule has 1 aromatic carbocycles. The molecule has 3 N–H and O–H groups in total. The minimum atomic E-state index is -1.01. The fourth-order valence-corrected chi connectivity index (χ4v) is 4.21. The van der Waals surface area contributed by atoms with Crippen LogP contribution in [0.4, 0.5) is 0 Å². The van der Waals surface area contributed by atoms with E-state index in [9.17, 15) is 4.79 Å². The Morgan fingerprint density at radius 3 is 2.32 bits per heavy atom. The van der Waals surface area contributed by atoms with Gasteiger partial charge < -0.3 is 15.8 Å². The smallest absolute Gasteiger partial charge is 0.244 e. The number of carbonyl (C=O) groups excluding carboxylic acids is 1. The van der Waals surface area contributed by atoms with Crippen molar-refractivity contribution in [3.63, 3.8) is 0 Å². The fraction of sp³-hybridized carbons (Fsp3) is 0.632. The third-order valence-electron chi connectivity index (χ3n) is 5.85. The van der Waals surface area contributed by atoms with E-state index in [0.717, 1.165) is 36.1 Å². The van der Waals surface area contributed by atoms with E-state index in [1.54, 1.807) is 6.92 Å². The summed E-state index contributed by atoms with van der Waals surface area (Å²) in [5.41, 5.74) is 6.62. The second-order valence-electron chi connectivity index (χ2n) is 7.57. The minimum absolute atomic E-state index is 0. The van der Waals surface area contributed by atoms with Crippen molar-refractivity contribution >= 4 is 34.2 Å². The van der Waals surface area contributed by atoms with E-state index in [0.29, 0.717) is 5.41 Å². The number of benzene rings is 1. The summed E-state index contributed by atoms with van der Waals surface area (Å²) in [4.78, 5) is 12.7. The van der Waals surface area contributed by atoms with Crippen molar-refractivity contribution in [3.05, 3.63) is 34.3 Å². The van der Waals surface area contributed by atoms with Crippen LogP contribution in [-0.2, 0) is 15.1 Å². The quantitative estimate of drug-likeness (QED) is 0.763. The number of halogens is 2. The molecule has 1 aromatic rings. The molecule has 1 aliphatic carbocycles. The topological polar surface area (TPSA) is 64.4 Å². The Morgan fingerprint density at radius 1 is 1.20 bits per heavy atom. The van der Waals surface area contributed by atoms with Gasteiger partial charge in [-0.3, -0.25) is 4.79 Å². The van der Waals surface area contributed by atoms with Crippen LogP contribution in [0.15, 0.2) is 28.7 Å². The summed E-state index contributed by atoms with van der Waals surface area (Å²) >= 11 is 3.41. The highest BCUT2D eigenvalue weighted by molar-refractivity contribution is 9.10. The van der Waals surface area contributed by atoms with Crippen LogP contribution in [0.25, 0.3) is 0 Å². The number of hydrogen-bond donors (Lipinski definition) is 2. The highest BCUT2D eigenvalue weighted by atomic mass is 79.9. The summed E-state index contributed by atoms with van der Waals surface area (Å²) in [7, 11) is 0. The molecule has 3 rings (SSSR count). The van der Waals surface area contributed by atoms with E-state index in [1.807, 2.05) is 24.3 Å². The Hall–Kier alpha value is -0.620.